The number of hydrogen-bond donors (Lipinski definition) is 0. The smallest absolute Gasteiger partial charge is 0.345 e. The van der Waals surface area contributed by atoms with E-state index in [1.165, 1.54) is 23.5 Å². The molecule has 1 aliphatic heterocycles. The van der Waals surface area contributed by atoms with Crippen molar-refractivity contribution >= 4 is 32.9 Å². The van der Waals surface area contributed by atoms with Gasteiger partial charge < -0.3 is 13.9 Å². The molecule has 10 nitrogen and oxygen atoms in total. The van der Waals surface area contributed by atoms with Crippen LogP contribution in [0.5, 0.6) is 5.75 Å². The van der Waals surface area contributed by atoms with E-state index in [4.69, 9.17) is 19.0 Å². The molecule has 0 saturated carbocycles. The summed E-state index contributed by atoms with van der Waals surface area (Å²) in [5.41, 5.74) is 2.42. The topological polar surface area (TPSA) is 116 Å². The quantitative estimate of drug-likeness (QED) is 0.210. The van der Waals surface area contributed by atoms with E-state index in [1.807, 2.05) is 42.5 Å². The molecule has 0 aliphatic carbocycles. The van der Waals surface area contributed by atoms with Gasteiger partial charge in [0.15, 0.2) is 0 Å². The van der Waals surface area contributed by atoms with Crippen molar-refractivity contribution in [2.24, 2.45) is 4.99 Å². The van der Waals surface area contributed by atoms with Gasteiger partial charge in [-0.3, -0.25) is 4.99 Å². The Labute approximate surface area is 236 Å². The van der Waals surface area contributed by atoms with Crippen LogP contribution in [0.4, 0.5) is 5.69 Å². The summed E-state index contributed by atoms with van der Waals surface area (Å²) in [5, 5.41) is 5.47. The predicted molar refractivity (Wildman–Crippen MR) is 155 cm³/mol. The second-order valence-electron chi connectivity index (χ2n) is 9.31. The summed E-state index contributed by atoms with van der Waals surface area (Å²) in [6.45, 7) is 1.30. The lowest BCUT2D eigenvalue weighted by molar-refractivity contribution is 0.0730. The van der Waals surface area contributed by atoms with Gasteiger partial charge in [-0.15, -0.1) is 0 Å². The Balaban J connectivity index is 1.41. The number of para-hydroxylation sites is 2. The number of benzene rings is 3. The summed E-state index contributed by atoms with van der Waals surface area (Å²) >= 11 is 0. The lowest BCUT2D eigenvalue weighted by Gasteiger charge is -2.26. The highest BCUT2D eigenvalue weighted by Gasteiger charge is 2.27. The molecule has 6 rings (SSSR count). The van der Waals surface area contributed by atoms with Gasteiger partial charge in [0.05, 0.1) is 36.5 Å². The first-order chi connectivity index (χ1) is 19.9. The number of hydrogen-bond acceptors (Lipinski definition) is 8. The van der Waals surface area contributed by atoms with E-state index in [0.29, 0.717) is 54.4 Å². The highest BCUT2D eigenvalue weighted by atomic mass is 32.2. The minimum Gasteiger partial charge on any atom is -0.494 e. The molecule has 1 aliphatic rings. The van der Waals surface area contributed by atoms with Gasteiger partial charge in [0.25, 0.3) is 0 Å². The number of methoxy groups -OCH3 is 1. The van der Waals surface area contributed by atoms with Crippen molar-refractivity contribution in [1.82, 2.24) is 14.1 Å². The maximum Gasteiger partial charge on any atom is 0.345 e. The van der Waals surface area contributed by atoms with Gasteiger partial charge in [-0.25, -0.2) is 17.9 Å². The van der Waals surface area contributed by atoms with Crippen LogP contribution in [0.15, 0.2) is 104 Å². The van der Waals surface area contributed by atoms with Gasteiger partial charge >= 0.3 is 5.63 Å². The number of aromatic nitrogens is 2. The largest absolute Gasteiger partial charge is 0.494 e. The molecular weight excluding hydrogens is 544 g/mol. The first kappa shape index (κ1) is 26.6. The summed E-state index contributed by atoms with van der Waals surface area (Å²) in [5.74, 6) is 0.290. The fraction of sp³-hybridized carbons (Fsp3) is 0.167. The Bertz CT molecular complexity index is 1910. The maximum atomic E-state index is 13.1. The molecule has 3 heterocycles. The number of fused-ring (bicyclic) bond motifs is 1. The normalized spacial score (nSPS) is 14.6. The Kier molecular flexibility index (Phi) is 7.23. The number of rotatable bonds is 7. The number of aliphatic imine (C=N–C) groups is 1. The maximum absolute atomic E-state index is 13.1. The minimum absolute atomic E-state index is 0.113. The molecular formula is C30H26N4O6S. The lowest BCUT2D eigenvalue weighted by atomic mass is 10.1. The monoisotopic (exact) mass is 570 g/mol. The average molecular weight is 571 g/mol. The molecule has 11 heteroatoms. The molecule has 0 unspecified atom stereocenters. The van der Waals surface area contributed by atoms with E-state index < -0.39 is 15.6 Å². The van der Waals surface area contributed by atoms with Crippen LogP contribution < -0.4 is 10.4 Å². The van der Waals surface area contributed by atoms with Gasteiger partial charge in [-0.05, 0) is 36.4 Å². The van der Waals surface area contributed by atoms with Gasteiger partial charge in [0.1, 0.15) is 22.7 Å². The molecule has 0 spiro atoms. The van der Waals surface area contributed by atoms with Crippen molar-refractivity contribution < 1.29 is 22.3 Å². The highest BCUT2D eigenvalue weighted by molar-refractivity contribution is 7.89. The third kappa shape index (κ3) is 5.30. The van der Waals surface area contributed by atoms with E-state index >= 15 is 0 Å². The molecule has 0 radical (unpaired) electrons. The molecule has 5 aromatic rings. The highest BCUT2D eigenvalue weighted by Crippen LogP contribution is 2.32. The van der Waals surface area contributed by atoms with E-state index in [0.717, 1.165) is 11.1 Å². The molecule has 208 valence electrons. The van der Waals surface area contributed by atoms with Crippen LogP contribution in [0.3, 0.4) is 0 Å². The molecule has 0 amide bonds. The fourth-order valence-electron chi connectivity index (χ4n) is 4.63. The van der Waals surface area contributed by atoms with Crippen LogP contribution in [-0.2, 0) is 14.8 Å². The Hall–Kier alpha value is -4.58. The van der Waals surface area contributed by atoms with Crippen molar-refractivity contribution in [2.45, 2.75) is 4.90 Å². The summed E-state index contributed by atoms with van der Waals surface area (Å²) in [6, 6.07) is 23.1. The van der Waals surface area contributed by atoms with E-state index in [-0.39, 0.29) is 10.6 Å². The first-order valence-electron chi connectivity index (χ1n) is 12.9. The van der Waals surface area contributed by atoms with Gasteiger partial charge in [-0.2, -0.15) is 9.40 Å². The van der Waals surface area contributed by atoms with E-state index in [9.17, 15) is 13.2 Å². The third-order valence-corrected chi connectivity index (χ3v) is 8.66. The first-order valence-corrected chi connectivity index (χ1v) is 14.4. The second-order valence-corrected chi connectivity index (χ2v) is 11.2. The molecule has 3 aromatic carbocycles. The zero-order valence-corrected chi connectivity index (χ0v) is 23.0. The van der Waals surface area contributed by atoms with Crippen molar-refractivity contribution in [1.29, 1.82) is 0 Å². The van der Waals surface area contributed by atoms with Crippen LogP contribution in [0.1, 0.15) is 5.56 Å². The van der Waals surface area contributed by atoms with E-state index in [1.54, 1.807) is 41.4 Å². The van der Waals surface area contributed by atoms with Crippen molar-refractivity contribution in [3.63, 3.8) is 0 Å². The number of morpholine rings is 1. The van der Waals surface area contributed by atoms with Crippen molar-refractivity contribution in [3.8, 4) is 22.7 Å². The summed E-state index contributed by atoms with van der Waals surface area (Å²) in [7, 11) is -2.25. The van der Waals surface area contributed by atoms with Crippen molar-refractivity contribution in [2.75, 3.05) is 33.4 Å². The molecule has 1 saturated heterocycles. The lowest BCUT2D eigenvalue weighted by Crippen LogP contribution is -2.40. The van der Waals surface area contributed by atoms with Crippen LogP contribution in [0, 0.1) is 0 Å². The predicted octanol–water partition coefficient (Wildman–Crippen LogP) is 4.43. The molecule has 1 fully saturated rings. The van der Waals surface area contributed by atoms with Crippen LogP contribution in [0.25, 0.3) is 27.9 Å². The minimum atomic E-state index is -3.71. The molecule has 41 heavy (non-hydrogen) atoms. The van der Waals surface area contributed by atoms with Crippen LogP contribution in [-0.4, -0.2) is 62.1 Å². The molecule has 0 atom stereocenters. The summed E-state index contributed by atoms with van der Waals surface area (Å²) < 4.78 is 45.7. The van der Waals surface area contributed by atoms with E-state index in [2.05, 4.69) is 4.99 Å². The number of ether oxygens (including phenoxy) is 2. The standard InChI is InChI=1S/C30H26N4O6S/c1-38-28-18-24(41(36,37)33-13-15-39-16-14-33)11-12-26(28)31-19-22-20-34(23-8-3-2-4-9-23)32-29(22)25-17-21-7-5-6-10-27(21)40-30(25)35/h2-12,17-20H,13-16H2,1H3. The number of sulfonamides is 1. The van der Waals surface area contributed by atoms with Crippen LogP contribution in [0.2, 0.25) is 0 Å². The molecule has 0 N–H and O–H groups in total. The second kappa shape index (κ2) is 11.1. The van der Waals surface area contributed by atoms with Gasteiger partial charge in [0.2, 0.25) is 10.0 Å². The van der Waals surface area contributed by atoms with Crippen LogP contribution >= 0.6 is 0 Å². The zero-order valence-electron chi connectivity index (χ0n) is 22.1. The van der Waals surface area contributed by atoms with Gasteiger partial charge in [-0.1, -0.05) is 36.4 Å². The van der Waals surface area contributed by atoms with Crippen molar-refractivity contribution in [3.05, 3.63) is 101 Å². The SMILES string of the molecule is COc1cc(S(=O)(=O)N2CCOCC2)ccc1N=Cc1cn(-c2ccccc2)nc1-c1cc2ccccc2oc1=O. The summed E-state index contributed by atoms with van der Waals surface area (Å²) in [4.78, 5) is 17.7. The molecule has 0 bridgehead atoms. The summed E-state index contributed by atoms with van der Waals surface area (Å²) in [6.07, 6.45) is 3.34. The average Bonchev–Trinajstić information content (AvgIpc) is 3.44. The van der Waals surface area contributed by atoms with Gasteiger partial charge in [0, 0.05) is 42.5 Å². The zero-order chi connectivity index (χ0) is 28.4. The molecule has 2 aromatic heterocycles. The Morgan fingerprint density at radius 2 is 1.73 bits per heavy atom. The third-order valence-electron chi connectivity index (χ3n) is 6.76. The Morgan fingerprint density at radius 1 is 0.976 bits per heavy atom. The fourth-order valence-corrected chi connectivity index (χ4v) is 6.06. The number of nitrogens with zero attached hydrogens (tertiary/aromatic N) is 4. The Morgan fingerprint density at radius 3 is 2.51 bits per heavy atom.